The molecule has 130 valence electrons. The first-order valence-corrected chi connectivity index (χ1v) is 10.1. The lowest BCUT2D eigenvalue weighted by Crippen LogP contribution is -2.17. The minimum absolute atomic E-state index is 0.170. The molecule has 1 atom stereocenters. The van der Waals surface area contributed by atoms with Crippen LogP contribution in [0.4, 0.5) is 0 Å². The fourth-order valence-corrected chi connectivity index (χ4v) is 4.83. The van der Waals surface area contributed by atoms with Crippen LogP contribution >= 0.6 is 7.60 Å². The first-order valence-electron chi connectivity index (χ1n) is 8.34. The second-order valence-electron chi connectivity index (χ2n) is 7.47. The molecule has 0 fully saturated rings. The standard InChI is InChI=1S/C20H27O3P/c1-17(15-20(2,3)4)16-24(21,22-18-11-7-5-8-12-18)23-19-13-9-6-10-14-19/h5-14,17H,15-16H2,1-4H3/t17-/m1/s1. The summed E-state index contributed by atoms with van der Waals surface area (Å²) in [6, 6.07) is 18.5. The van der Waals surface area contributed by atoms with Crippen LogP contribution in [0.15, 0.2) is 60.7 Å². The molecular weight excluding hydrogens is 319 g/mol. The first-order chi connectivity index (χ1) is 11.3. The van der Waals surface area contributed by atoms with Gasteiger partial charge in [-0.1, -0.05) is 64.1 Å². The summed E-state index contributed by atoms with van der Waals surface area (Å²) >= 11 is 0. The van der Waals surface area contributed by atoms with Crippen molar-refractivity contribution < 1.29 is 13.6 Å². The van der Waals surface area contributed by atoms with Gasteiger partial charge >= 0.3 is 7.60 Å². The maximum atomic E-state index is 13.4. The van der Waals surface area contributed by atoms with Gasteiger partial charge in [0.1, 0.15) is 11.5 Å². The molecule has 0 unspecified atom stereocenters. The summed E-state index contributed by atoms with van der Waals surface area (Å²) < 4.78 is 25.1. The van der Waals surface area contributed by atoms with Gasteiger partial charge in [-0.05, 0) is 42.0 Å². The van der Waals surface area contributed by atoms with Crippen LogP contribution in [0, 0.1) is 11.3 Å². The van der Waals surface area contributed by atoms with Crippen molar-refractivity contribution in [3.8, 4) is 11.5 Å². The molecule has 0 aliphatic carbocycles. The molecule has 0 aliphatic heterocycles. The molecule has 3 nitrogen and oxygen atoms in total. The predicted molar refractivity (Wildman–Crippen MR) is 99.8 cm³/mol. The summed E-state index contributed by atoms with van der Waals surface area (Å²) in [5, 5.41) is 0. The quantitative estimate of drug-likeness (QED) is 0.543. The van der Waals surface area contributed by atoms with E-state index in [1.807, 2.05) is 36.4 Å². The van der Waals surface area contributed by atoms with E-state index in [4.69, 9.17) is 9.05 Å². The summed E-state index contributed by atoms with van der Waals surface area (Å²) in [5.74, 6) is 1.36. The van der Waals surface area contributed by atoms with Gasteiger partial charge < -0.3 is 9.05 Å². The highest BCUT2D eigenvalue weighted by Gasteiger charge is 2.32. The molecule has 0 aromatic heterocycles. The number of benzene rings is 2. The van der Waals surface area contributed by atoms with Crippen molar-refractivity contribution in [2.45, 2.75) is 34.1 Å². The van der Waals surface area contributed by atoms with Crippen LogP contribution in [0.3, 0.4) is 0 Å². The van der Waals surface area contributed by atoms with Crippen LogP contribution in [0.1, 0.15) is 34.1 Å². The molecule has 0 amide bonds. The predicted octanol–water partition coefficient (Wildman–Crippen LogP) is 6.41. The highest BCUT2D eigenvalue weighted by Crippen LogP contribution is 2.50. The van der Waals surface area contributed by atoms with Gasteiger partial charge in [0.25, 0.3) is 0 Å². The molecule has 0 saturated heterocycles. The van der Waals surface area contributed by atoms with Crippen molar-refractivity contribution >= 4 is 7.60 Å². The van der Waals surface area contributed by atoms with E-state index in [1.54, 1.807) is 24.3 Å². The summed E-state index contributed by atoms with van der Waals surface area (Å²) in [6.45, 7) is 8.65. The molecule has 2 aromatic carbocycles. The maximum absolute atomic E-state index is 13.4. The van der Waals surface area contributed by atoms with E-state index in [0.29, 0.717) is 17.7 Å². The molecule has 0 spiro atoms. The Labute approximate surface area is 145 Å². The van der Waals surface area contributed by atoms with Crippen molar-refractivity contribution in [3.63, 3.8) is 0 Å². The average molecular weight is 346 g/mol. The lowest BCUT2D eigenvalue weighted by atomic mass is 9.86. The Kier molecular flexibility index (Phi) is 6.12. The van der Waals surface area contributed by atoms with Crippen molar-refractivity contribution in [2.75, 3.05) is 6.16 Å². The molecule has 0 radical (unpaired) electrons. The molecule has 0 bridgehead atoms. The molecule has 0 N–H and O–H groups in total. The zero-order valence-corrected chi connectivity index (χ0v) is 15.8. The molecule has 0 saturated carbocycles. The Hall–Kier alpha value is -1.73. The Balaban J connectivity index is 2.18. The SMILES string of the molecule is C[C@H](CC(C)(C)C)CP(=O)(Oc1ccccc1)Oc1ccccc1. The van der Waals surface area contributed by atoms with Gasteiger partial charge in [0, 0.05) is 0 Å². The van der Waals surface area contributed by atoms with E-state index in [-0.39, 0.29) is 11.3 Å². The van der Waals surface area contributed by atoms with Gasteiger partial charge in [-0.15, -0.1) is 0 Å². The van der Waals surface area contributed by atoms with Crippen molar-refractivity contribution in [1.82, 2.24) is 0 Å². The number of rotatable bonds is 7. The molecule has 24 heavy (non-hydrogen) atoms. The number of hydrogen-bond acceptors (Lipinski definition) is 3. The van der Waals surface area contributed by atoms with Crippen molar-refractivity contribution in [2.24, 2.45) is 11.3 Å². The smallest absolute Gasteiger partial charge is 0.416 e. The van der Waals surface area contributed by atoms with Crippen molar-refractivity contribution in [3.05, 3.63) is 60.7 Å². The first kappa shape index (κ1) is 18.6. The van der Waals surface area contributed by atoms with E-state index in [2.05, 4.69) is 27.7 Å². The average Bonchev–Trinajstić information content (AvgIpc) is 2.46. The lowest BCUT2D eigenvalue weighted by molar-refractivity contribution is 0.308. The third-order valence-corrected chi connectivity index (χ3v) is 5.52. The van der Waals surface area contributed by atoms with Crippen LogP contribution in [-0.4, -0.2) is 6.16 Å². The Bertz CT molecular complexity index is 617. The molecule has 0 aliphatic rings. The molecule has 0 heterocycles. The summed E-state index contributed by atoms with van der Waals surface area (Å²) in [4.78, 5) is 0. The number of para-hydroxylation sites is 2. The van der Waals surface area contributed by atoms with E-state index in [0.717, 1.165) is 6.42 Å². The fraction of sp³-hybridized carbons (Fsp3) is 0.400. The van der Waals surface area contributed by atoms with E-state index in [9.17, 15) is 4.57 Å². The molecule has 2 rings (SSSR count). The zero-order valence-electron chi connectivity index (χ0n) is 14.9. The van der Waals surface area contributed by atoms with E-state index < -0.39 is 7.60 Å². The van der Waals surface area contributed by atoms with Crippen LogP contribution in [0.2, 0.25) is 0 Å². The fourth-order valence-electron chi connectivity index (χ4n) is 2.87. The topological polar surface area (TPSA) is 35.5 Å². The highest BCUT2D eigenvalue weighted by atomic mass is 31.2. The van der Waals surface area contributed by atoms with Crippen LogP contribution in [0.25, 0.3) is 0 Å². The van der Waals surface area contributed by atoms with Crippen LogP contribution in [-0.2, 0) is 4.57 Å². The van der Waals surface area contributed by atoms with Gasteiger partial charge in [0.15, 0.2) is 0 Å². The molecule has 2 aromatic rings. The third-order valence-electron chi connectivity index (χ3n) is 3.47. The summed E-state index contributed by atoms with van der Waals surface area (Å²) in [5.41, 5.74) is 0.170. The zero-order chi connectivity index (χ0) is 17.6. The van der Waals surface area contributed by atoms with Gasteiger partial charge in [-0.2, -0.15) is 0 Å². The normalized spacial score (nSPS) is 13.3. The van der Waals surface area contributed by atoms with Crippen LogP contribution < -0.4 is 9.05 Å². The Morgan fingerprint density at radius 2 is 1.29 bits per heavy atom. The minimum Gasteiger partial charge on any atom is -0.416 e. The second-order valence-corrected chi connectivity index (χ2v) is 9.42. The third kappa shape index (κ3) is 6.41. The number of hydrogen-bond donors (Lipinski definition) is 0. The largest absolute Gasteiger partial charge is 0.430 e. The highest BCUT2D eigenvalue weighted by molar-refractivity contribution is 7.54. The Morgan fingerprint density at radius 3 is 1.67 bits per heavy atom. The summed E-state index contributed by atoms with van der Waals surface area (Å²) in [6.07, 6.45) is 1.33. The van der Waals surface area contributed by atoms with Gasteiger partial charge in [-0.25, -0.2) is 4.57 Å². The maximum Gasteiger partial charge on any atom is 0.430 e. The monoisotopic (exact) mass is 346 g/mol. The van der Waals surface area contributed by atoms with Gasteiger partial charge in [-0.3, -0.25) is 0 Å². The van der Waals surface area contributed by atoms with Crippen LogP contribution in [0.5, 0.6) is 11.5 Å². The van der Waals surface area contributed by atoms with E-state index >= 15 is 0 Å². The van der Waals surface area contributed by atoms with Gasteiger partial charge in [0.05, 0.1) is 6.16 Å². The second kappa shape index (κ2) is 7.90. The molecule has 4 heteroatoms. The Morgan fingerprint density at radius 1 is 0.875 bits per heavy atom. The minimum atomic E-state index is -3.31. The van der Waals surface area contributed by atoms with Gasteiger partial charge in [0.2, 0.25) is 0 Å². The lowest BCUT2D eigenvalue weighted by Gasteiger charge is -2.27. The van der Waals surface area contributed by atoms with Crippen molar-refractivity contribution in [1.29, 1.82) is 0 Å². The molecular formula is C20H27O3P. The van der Waals surface area contributed by atoms with E-state index in [1.165, 1.54) is 0 Å². The summed E-state index contributed by atoms with van der Waals surface area (Å²) in [7, 11) is -3.31.